The standard InChI is InChI=1S/C26H37N7/c1-5-27-26-10-7-25(8-11-26,9-12-26)17-33-22-6-13-32(16-21(22)19(3)30-33)23-14-18(2)29-24-20(23)15-28-31(24)4/h14-15,27H,5-13,16-17H2,1-4H3. The van der Waals surface area contributed by atoms with Crippen LogP contribution in [0.3, 0.4) is 0 Å². The van der Waals surface area contributed by atoms with Gasteiger partial charge in [0.05, 0.1) is 23.0 Å². The molecule has 7 rings (SSSR count). The van der Waals surface area contributed by atoms with Gasteiger partial charge in [0.2, 0.25) is 0 Å². The number of anilines is 1. The van der Waals surface area contributed by atoms with Crippen LogP contribution >= 0.6 is 0 Å². The third-order valence-electron chi connectivity index (χ3n) is 8.93. The summed E-state index contributed by atoms with van der Waals surface area (Å²) in [7, 11) is 1.97. The lowest BCUT2D eigenvalue weighted by Crippen LogP contribution is -2.55. The molecule has 3 aromatic heterocycles. The van der Waals surface area contributed by atoms with E-state index in [4.69, 9.17) is 10.1 Å². The van der Waals surface area contributed by atoms with E-state index in [0.29, 0.717) is 11.0 Å². The lowest BCUT2D eigenvalue weighted by Gasteiger charge is -2.54. The largest absolute Gasteiger partial charge is 0.366 e. The number of rotatable bonds is 5. The van der Waals surface area contributed by atoms with Crippen molar-refractivity contribution in [2.24, 2.45) is 12.5 Å². The quantitative estimate of drug-likeness (QED) is 0.639. The van der Waals surface area contributed by atoms with Crippen molar-refractivity contribution in [3.63, 3.8) is 0 Å². The maximum Gasteiger partial charge on any atom is 0.159 e. The predicted octanol–water partition coefficient (Wildman–Crippen LogP) is 4.05. The summed E-state index contributed by atoms with van der Waals surface area (Å²) in [6, 6.07) is 2.22. The lowest BCUT2D eigenvalue weighted by molar-refractivity contribution is 0.00851. The average Bonchev–Trinajstić information content (AvgIpc) is 3.34. The number of pyridine rings is 1. The van der Waals surface area contributed by atoms with E-state index in [1.165, 1.54) is 61.2 Å². The van der Waals surface area contributed by atoms with Gasteiger partial charge in [0.25, 0.3) is 0 Å². The summed E-state index contributed by atoms with van der Waals surface area (Å²) < 4.78 is 4.29. The molecule has 1 aliphatic heterocycles. The molecule has 0 saturated heterocycles. The van der Waals surface area contributed by atoms with E-state index in [0.717, 1.165) is 49.3 Å². The van der Waals surface area contributed by atoms with Crippen LogP contribution in [0.1, 0.15) is 68.1 Å². The van der Waals surface area contributed by atoms with E-state index in [1.807, 2.05) is 17.9 Å². The molecule has 0 amide bonds. The molecule has 7 heteroatoms. The molecule has 3 aliphatic carbocycles. The Morgan fingerprint density at radius 2 is 1.85 bits per heavy atom. The summed E-state index contributed by atoms with van der Waals surface area (Å²) >= 11 is 0. The van der Waals surface area contributed by atoms with Gasteiger partial charge in [-0.25, -0.2) is 4.98 Å². The Hall–Kier alpha value is -2.41. The molecule has 2 bridgehead atoms. The van der Waals surface area contributed by atoms with Crippen molar-refractivity contribution < 1.29 is 0 Å². The van der Waals surface area contributed by atoms with Crippen molar-refractivity contribution in [1.82, 2.24) is 29.9 Å². The fraction of sp³-hybridized carbons (Fsp3) is 0.654. The predicted molar refractivity (Wildman–Crippen MR) is 132 cm³/mol. The Balaban J connectivity index is 1.26. The molecular weight excluding hydrogens is 410 g/mol. The Labute approximate surface area is 196 Å². The third kappa shape index (κ3) is 3.38. The molecule has 3 fully saturated rings. The van der Waals surface area contributed by atoms with Crippen LogP contribution in [0.15, 0.2) is 12.3 Å². The number of fused-ring (bicyclic) bond motifs is 5. The van der Waals surface area contributed by atoms with Crippen molar-refractivity contribution in [3.05, 3.63) is 34.9 Å². The zero-order valence-electron chi connectivity index (χ0n) is 20.6. The molecule has 0 unspecified atom stereocenters. The smallest absolute Gasteiger partial charge is 0.159 e. The average molecular weight is 448 g/mol. The van der Waals surface area contributed by atoms with Crippen LogP contribution in [0, 0.1) is 19.3 Å². The number of nitrogens with one attached hydrogen (secondary N) is 1. The molecule has 4 aliphatic rings. The molecule has 0 aromatic carbocycles. The summed E-state index contributed by atoms with van der Waals surface area (Å²) in [5.74, 6) is 0. The summed E-state index contributed by atoms with van der Waals surface area (Å²) in [6.07, 6.45) is 11.0. The molecule has 3 saturated carbocycles. The third-order valence-corrected chi connectivity index (χ3v) is 8.93. The monoisotopic (exact) mass is 447 g/mol. The van der Waals surface area contributed by atoms with Crippen LogP contribution in [-0.2, 0) is 26.6 Å². The second-order valence-electron chi connectivity index (χ2n) is 10.9. The summed E-state index contributed by atoms with van der Waals surface area (Å²) in [5, 5.41) is 14.5. The highest BCUT2D eigenvalue weighted by molar-refractivity contribution is 5.89. The first-order valence-electron chi connectivity index (χ1n) is 12.8. The topological polar surface area (TPSA) is 63.8 Å². The van der Waals surface area contributed by atoms with Gasteiger partial charge in [-0.15, -0.1) is 0 Å². The molecule has 0 atom stereocenters. The van der Waals surface area contributed by atoms with Gasteiger partial charge in [0.1, 0.15) is 0 Å². The van der Waals surface area contributed by atoms with Gasteiger partial charge in [-0.05, 0) is 70.4 Å². The van der Waals surface area contributed by atoms with Crippen LogP contribution in [0.25, 0.3) is 11.0 Å². The first kappa shape index (κ1) is 21.1. The van der Waals surface area contributed by atoms with Gasteiger partial charge in [0.15, 0.2) is 5.65 Å². The minimum absolute atomic E-state index is 0.427. The summed E-state index contributed by atoms with van der Waals surface area (Å²) in [6.45, 7) is 10.7. The van der Waals surface area contributed by atoms with Crippen molar-refractivity contribution in [1.29, 1.82) is 0 Å². The normalized spacial score (nSPS) is 26.8. The van der Waals surface area contributed by atoms with Crippen LogP contribution in [0.4, 0.5) is 5.69 Å². The van der Waals surface area contributed by atoms with E-state index >= 15 is 0 Å². The maximum atomic E-state index is 5.11. The van der Waals surface area contributed by atoms with Crippen molar-refractivity contribution in [2.75, 3.05) is 18.0 Å². The Bertz CT molecular complexity index is 1180. The number of nitrogens with zero attached hydrogens (tertiary/aromatic N) is 6. The van der Waals surface area contributed by atoms with Crippen LogP contribution < -0.4 is 10.2 Å². The highest BCUT2D eigenvalue weighted by atomic mass is 15.3. The Morgan fingerprint density at radius 3 is 2.58 bits per heavy atom. The van der Waals surface area contributed by atoms with Crippen LogP contribution in [0.5, 0.6) is 0 Å². The van der Waals surface area contributed by atoms with Gasteiger partial charge in [-0.3, -0.25) is 9.36 Å². The number of aromatic nitrogens is 5. The molecule has 3 aromatic rings. The van der Waals surface area contributed by atoms with Gasteiger partial charge in [-0.2, -0.15) is 10.2 Å². The molecule has 1 N–H and O–H groups in total. The zero-order valence-corrected chi connectivity index (χ0v) is 20.6. The number of hydrogen-bond donors (Lipinski definition) is 1. The van der Waals surface area contributed by atoms with E-state index in [1.54, 1.807) is 0 Å². The van der Waals surface area contributed by atoms with Gasteiger partial charge in [-0.1, -0.05) is 6.92 Å². The fourth-order valence-electron chi connectivity index (χ4n) is 6.94. The van der Waals surface area contributed by atoms with E-state index in [-0.39, 0.29) is 0 Å². The van der Waals surface area contributed by atoms with Crippen molar-refractivity contribution in [3.8, 4) is 0 Å². The van der Waals surface area contributed by atoms with Crippen molar-refractivity contribution in [2.45, 2.75) is 84.3 Å². The number of aryl methyl sites for hydroxylation is 3. The first-order chi connectivity index (χ1) is 15.9. The minimum atomic E-state index is 0.427. The molecule has 0 spiro atoms. The molecule has 7 nitrogen and oxygen atoms in total. The summed E-state index contributed by atoms with van der Waals surface area (Å²) in [5.41, 5.74) is 8.24. The van der Waals surface area contributed by atoms with Crippen LogP contribution in [-0.4, -0.2) is 43.2 Å². The molecular formula is C26H37N7. The lowest BCUT2D eigenvalue weighted by atomic mass is 9.57. The van der Waals surface area contributed by atoms with Gasteiger partial charge >= 0.3 is 0 Å². The second kappa shape index (κ2) is 7.55. The molecule has 176 valence electrons. The van der Waals surface area contributed by atoms with Gasteiger partial charge < -0.3 is 10.2 Å². The fourth-order valence-corrected chi connectivity index (χ4v) is 6.94. The zero-order chi connectivity index (χ0) is 22.8. The first-order valence-corrected chi connectivity index (χ1v) is 12.8. The minimum Gasteiger partial charge on any atom is -0.366 e. The molecule has 0 radical (unpaired) electrons. The second-order valence-corrected chi connectivity index (χ2v) is 10.9. The van der Waals surface area contributed by atoms with Crippen LogP contribution in [0.2, 0.25) is 0 Å². The highest BCUT2D eigenvalue weighted by Crippen LogP contribution is 2.53. The van der Waals surface area contributed by atoms with E-state index in [2.05, 4.69) is 46.8 Å². The van der Waals surface area contributed by atoms with Crippen molar-refractivity contribution >= 4 is 16.7 Å². The Kier molecular flexibility index (Phi) is 4.84. The molecule has 33 heavy (non-hydrogen) atoms. The highest BCUT2D eigenvalue weighted by Gasteiger charge is 2.48. The Morgan fingerprint density at radius 1 is 1.09 bits per heavy atom. The SMILES string of the molecule is CCNC12CCC(Cn3nc(C)c4c3CCN(c3cc(C)nc5c3cnn5C)C4)(CC1)CC2. The maximum absolute atomic E-state index is 5.11. The number of hydrogen-bond acceptors (Lipinski definition) is 5. The van der Waals surface area contributed by atoms with E-state index in [9.17, 15) is 0 Å². The van der Waals surface area contributed by atoms with E-state index < -0.39 is 0 Å². The van der Waals surface area contributed by atoms with Gasteiger partial charge in [0, 0.05) is 55.6 Å². The molecule has 4 heterocycles. The summed E-state index contributed by atoms with van der Waals surface area (Å²) in [4.78, 5) is 7.22.